The number of benzene rings is 4. The molecule has 0 fully saturated rings. The van der Waals surface area contributed by atoms with E-state index in [9.17, 15) is 40.2 Å². The number of fused-ring (bicyclic) bond motifs is 2. The van der Waals surface area contributed by atoms with Gasteiger partial charge in [0.1, 0.15) is 71.8 Å². The smallest absolute Gasteiger partial charge is 0.339 e. The fourth-order valence-electron chi connectivity index (χ4n) is 4.34. The van der Waals surface area contributed by atoms with E-state index in [1.807, 2.05) is 0 Å². The van der Waals surface area contributed by atoms with Crippen LogP contribution in [0.25, 0.3) is 21.5 Å². The molecule has 222 valence electrons. The summed E-state index contributed by atoms with van der Waals surface area (Å²) in [5, 5.41) is 63.4. The second-order valence-electron chi connectivity index (χ2n) is 9.47. The van der Waals surface area contributed by atoms with Crippen LogP contribution in [0.3, 0.4) is 0 Å². The fourth-order valence-corrected chi connectivity index (χ4v) is 4.34. The van der Waals surface area contributed by atoms with Gasteiger partial charge in [-0.2, -0.15) is 0 Å². The molecule has 0 aliphatic carbocycles. The lowest BCUT2D eigenvalue weighted by Gasteiger charge is -2.27. The van der Waals surface area contributed by atoms with E-state index in [4.69, 9.17) is 18.9 Å². The van der Waals surface area contributed by atoms with Crippen molar-refractivity contribution in [3.63, 3.8) is 0 Å². The Labute approximate surface area is 239 Å². The average Bonchev–Trinajstić information content (AvgIpc) is 2.99. The molecule has 0 aliphatic heterocycles. The molecule has 0 aromatic heterocycles. The van der Waals surface area contributed by atoms with Crippen LogP contribution >= 0.6 is 0 Å². The molecule has 6 N–H and O–H groups in total. The van der Waals surface area contributed by atoms with Crippen LogP contribution in [0.5, 0.6) is 23.0 Å². The molecule has 0 aliphatic rings. The first kappa shape index (κ1) is 30.3. The molecule has 4 aromatic carbocycles. The van der Waals surface area contributed by atoms with Gasteiger partial charge in [0.05, 0.1) is 14.2 Å². The standard InChI is InChI=1S/C30H30O12/c1-39-19-5-3-15-11-25(21(29(35)36)9-17(15)7-19)41-13-23(31)27(33)28(34)24(32)14-42-26-12-16-4-6-20(40-2)8-18(16)10-22(26)30(37)38/h3-12,23-24,27-28,31-34H,13-14H2,1-2H3,(H,35,36)(H,37,38)/t23-,24+,27+,28-. The van der Waals surface area contributed by atoms with Gasteiger partial charge in [0.15, 0.2) is 0 Å². The molecule has 0 unspecified atom stereocenters. The molecule has 12 heteroatoms. The zero-order chi connectivity index (χ0) is 30.6. The number of carbonyl (C=O) groups is 2. The van der Waals surface area contributed by atoms with Crippen LogP contribution in [0.1, 0.15) is 20.7 Å². The monoisotopic (exact) mass is 582 g/mol. The lowest BCUT2D eigenvalue weighted by atomic mass is 10.0. The van der Waals surface area contributed by atoms with E-state index in [0.717, 1.165) is 0 Å². The minimum Gasteiger partial charge on any atom is -0.497 e. The summed E-state index contributed by atoms with van der Waals surface area (Å²) in [6.07, 6.45) is -7.34. The van der Waals surface area contributed by atoms with E-state index < -0.39 is 49.6 Å². The Morgan fingerprint density at radius 2 is 0.976 bits per heavy atom. The van der Waals surface area contributed by atoms with Gasteiger partial charge in [0.2, 0.25) is 0 Å². The molecule has 4 atom stereocenters. The van der Waals surface area contributed by atoms with E-state index in [2.05, 4.69) is 0 Å². The fraction of sp³-hybridized carbons (Fsp3) is 0.267. The highest BCUT2D eigenvalue weighted by atomic mass is 16.5. The summed E-state index contributed by atoms with van der Waals surface area (Å²) < 4.78 is 21.3. The molecule has 0 saturated heterocycles. The van der Waals surface area contributed by atoms with Crippen molar-refractivity contribution in [1.82, 2.24) is 0 Å². The highest BCUT2D eigenvalue weighted by Gasteiger charge is 2.32. The third-order valence-corrected chi connectivity index (χ3v) is 6.71. The Bertz CT molecular complexity index is 1480. The van der Waals surface area contributed by atoms with Gasteiger partial charge >= 0.3 is 11.9 Å². The molecular formula is C30H30O12. The Hall–Kier alpha value is -4.62. The first-order chi connectivity index (χ1) is 20.0. The highest BCUT2D eigenvalue weighted by molar-refractivity contribution is 5.99. The second-order valence-corrected chi connectivity index (χ2v) is 9.47. The number of aromatic carboxylic acids is 2. The second kappa shape index (κ2) is 12.9. The van der Waals surface area contributed by atoms with Crippen LogP contribution in [-0.2, 0) is 0 Å². The number of methoxy groups -OCH3 is 2. The molecule has 12 nitrogen and oxygen atoms in total. The normalized spacial score (nSPS) is 14.1. The molecule has 0 amide bonds. The van der Waals surface area contributed by atoms with E-state index in [1.54, 1.807) is 36.4 Å². The average molecular weight is 583 g/mol. The summed E-state index contributed by atoms with van der Waals surface area (Å²) in [5.74, 6) is -1.68. The van der Waals surface area contributed by atoms with Gasteiger partial charge < -0.3 is 49.6 Å². The lowest BCUT2D eigenvalue weighted by molar-refractivity contribution is -0.119. The lowest BCUT2D eigenvalue weighted by Crippen LogP contribution is -2.48. The first-order valence-corrected chi connectivity index (χ1v) is 12.7. The number of carboxylic acids is 2. The predicted octanol–water partition coefficient (Wildman–Crippen LogP) is 2.31. The zero-order valence-electron chi connectivity index (χ0n) is 22.6. The van der Waals surface area contributed by atoms with Crippen molar-refractivity contribution < 1.29 is 59.2 Å². The predicted molar refractivity (Wildman–Crippen MR) is 150 cm³/mol. The molecule has 0 saturated carbocycles. The molecule has 0 spiro atoms. The molecule has 0 bridgehead atoms. The summed E-state index contributed by atoms with van der Waals surface area (Å²) >= 11 is 0. The van der Waals surface area contributed by atoms with Crippen molar-refractivity contribution in [3.8, 4) is 23.0 Å². The maximum atomic E-state index is 11.8. The first-order valence-electron chi connectivity index (χ1n) is 12.7. The van der Waals surface area contributed by atoms with E-state index >= 15 is 0 Å². The Balaban J connectivity index is 1.42. The topological polar surface area (TPSA) is 192 Å². The van der Waals surface area contributed by atoms with Gasteiger partial charge in [0, 0.05) is 0 Å². The van der Waals surface area contributed by atoms with Gasteiger partial charge in [-0.1, -0.05) is 12.1 Å². The number of hydrogen-bond acceptors (Lipinski definition) is 10. The van der Waals surface area contributed by atoms with Crippen molar-refractivity contribution >= 4 is 33.5 Å². The van der Waals surface area contributed by atoms with E-state index in [-0.39, 0.29) is 22.6 Å². The van der Waals surface area contributed by atoms with Crippen LogP contribution in [0.4, 0.5) is 0 Å². The maximum Gasteiger partial charge on any atom is 0.339 e. The van der Waals surface area contributed by atoms with Crippen LogP contribution < -0.4 is 18.9 Å². The summed E-state index contributed by atoms with van der Waals surface area (Å²) in [5.41, 5.74) is -0.399. The van der Waals surface area contributed by atoms with E-state index in [1.165, 1.54) is 38.5 Å². The number of hydrogen-bond donors (Lipinski definition) is 6. The van der Waals surface area contributed by atoms with Crippen molar-refractivity contribution in [3.05, 3.63) is 71.8 Å². The number of carboxylic acid groups (broad SMARTS) is 2. The molecular weight excluding hydrogens is 552 g/mol. The third kappa shape index (κ3) is 6.64. The minimum absolute atomic E-state index is 0.0834. The largest absolute Gasteiger partial charge is 0.497 e. The summed E-state index contributed by atoms with van der Waals surface area (Å²) in [4.78, 5) is 23.6. The van der Waals surface area contributed by atoms with Crippen molar-refractivity contribution in [2.24, 2.45) is 0 Å². The van der Waals surface area contributed by atoms with Gasteiger partial charge in [-0.3, -0.25) is 0 Å². The number of aliphatic hydroxyl groups is 4. The van der Waals surface area contributed by atoms with Crippen LogP contribution in [0.15, 0.2) is 60.7 Å². The summed E-state index contributed by atoms with van der Waals surface area (Å²) in [6.45, 7) is -1.24. The minimum atomic E-state index is -1.93. The molecule has 0 radical (unpaired) electrons. The Kier molecular flexibility index (Phi) is 9.33. The molecule has 42 heavy (non-hydrogen) atoms. The van der Waals surface area contributed by atoms with Crippen LogP contribution in [0, 0.1) is 0 Å². The summed E-state index contributed by atoms with van der Waals surface area (Å²) in [7, 11) is 2.96. The highest BCUT2D eigenvalue weighted by Crippen LogP contribution is 2.31. The third-order valence-electron chi connectivity index (χ3n) is 6.71. The van der Waals surface area contributed by atoms with Crippen LogP contribution in [-0.4, -0.2) is 94.4 Å². The number of ether oxygens (including phenoxy) is 4. The van der Waals surface area contributed by atoms with Crippen molar-refractivity contribution in [2.45, 2.75) is 24.4 Å². The van der Waals surface area contributed by atoms with Gasteiger partial charge in [0.25, 0.3) is 0 Å². The van der Waals surface area contributed by atoms with Crippen molar-refractivity contribution in [2.75, 3.05) is 27.4 Å². The van der Waals surface area contributed by atoms with Gasteiger partial charge in [-0.15, -0.1) is 0 Å². The quantitative estimate of drug-likeness (QED) is 0.135. The van der Waals surface area contributed by atoms with Gasteiger partial charge in [-0.05, 0) is 70.1 Å². The van der Waals surface area contributed by atoms with Crippen LogP contribution in [0.2, 0.25) is 0 Å². The Morgan fingerprint density at radius 1 is 0.595 bits per heavy atom. The number of rotatable bonds is 13. The maximum absolute atomic E-state index is 11.8. The SMILES string of the molecule is COc1ccc2cc(OC[C@@H](O)[C@H](O)[C@H](O)[C@@H](O)COc3cc4ccc(OC)cc4cc3C(=O)O)c(C(=O)O)cc2c1. The molecule has 4 rings (SSSR count). The zero-order valence-corrected chi connectivity index (χ0v) is 22.6. The Morgan fingerprint density at radius 3 is 1.31 bits per heavy atom. The van der Waals surface area contributed by atoms with Crippen molar-refractivity contribution in [1.29, 1.82) is 0 Å². The molecule has 0 heterocycles. The van der Waals surface area contributed by atoms with E-state index in [0.29, 0.717) is 33.0 Å². The van der Waals surface area contributed by atoms with Gasteiger partial charge in [-0.25, -0.2) is 9.59 Å². The summed E-state index contributed by atoms with van der Waals surface area (Å²) in [6, 6.07) is 15.7. The molecule has 4 aromatic rings. The number of aliphatic hydroxyl groups excluding tert-OH is 4.